The summed E-state index contributed by atoms with van der Waals surface area (Å²) in [5, 5.41) is 10.7. The van der Waals surface area contributed by atoms with Crippen LogP contribution in [0.4, 0.5) is 11.9 Å². The summed E-state index contributed by atoms with van der Waals surface area (Å²) in [5.41, 5.74) is 2.11. The molecule has 4 aromatic rings. The Balaban J connectivity index is 1.53. The van der Waals surface area contributed by atoms with Gasteiger partial charge in [-0.15, -0.1) is 5.10 Å². The molecule has 2 aromatic heterocycles. The molecule has 2 heterocycles. The Hall–Kier alpha value is -2.91. The number of rotatable bonds is 7. The molecule has 30 heavy (non-hydrogen) atoms. The number of nitrogens with zero attached hydrogens (tertiary/aromatic N) is 3. The Morgan fingerprint density at radius 3 is 2.07 bits per heavy atom. The number of benzene rings is 2. The van der Waals surface area contributed by atoms with E-state index >= 15 is 0 Å². The molecule has 0 radical (unpaired) electrons. The van der Waals surface area contributed by atoms with Gasteiger partial charge >= 0.3 is 5.91 Å². The summed E-state index contributed by atoms with van der Waals surface area (Å²) < 4.78 is 8.46. The van der Waals surface area contributed by atoms with Crippen molar-refractivity contribution >= 4 is 49.7 Å². The molecule has 9 heteroatoms. The van der Waals surface area contributed by atoms with Crippen LogP contribution in [0.25, 0.3) is 0 Å². The van der Waals surface area contributed by atoms with Crippen molar-refractivity contribution in [1.29, 1.82) is 0 Å². The number of nitrogens with one attached hydrogen (secondary N) is 2. The molecule has 0 saturated heterocycles. The van der Waals surface area contributed by atoms with E-state index in [1.807, 2.05) is 48.5 Å². The van der Waals surface area contributed by atoms with Crippen LogP contribution < -0.4 is 10.6 Å². The maximum Gasteiger partial charge on any atom is 0.317 e. The van der Waals surface area contributed by atoms with E-state index in [4.69, 9.17) is 4.42 Å². The second-order valence-corrected chi connectivity index (χ2v) is 8.24. The SMILES string of the molecule is O=C(c1ccco1)n1nc(NCc2ccc(Br)cc2)nc1NCc1ccc(Br)cc1. The molecular weight excluding hydrogens is 514 g/mol. The molecule has 0 amide bonds. The molecule has 0 aliphatic heterocycles. The Morgan fingerprint density at radius 2 is 1.50 bits per heavy atom. The maximum absolute atomic E-state index is 12.8. The van der Waals surface area contributed by atoms with Crippen LogP contribution in [-0.4, -0.2) is 20.7 Å². The third-order valence-electron chi connectivity index (χ3n) is 4.26. The molecule has 0 spiro atoms. The molecule has 2 N–H and O–H groups in total. The van der Waals surface area contributed by atoms with Crippen molar-refractivity contribution in [2.24, 2.45) is 0 Å². The fourth-order valence-corrected chi connectivity index (χ4v) is 3.24. The topological polar surface area (TPSA) is 85.0 Å². The molecule has 0 aliphatic carbocycles. The standard InChI is InChI=1S/C21H17Br2N5O2/c22-16-7-3-14(4-8-16)12-24-20-26-21(25-13-15-5-9-17(23)10-6-15)28(27-20)19(29)18-2-1-11-30-18/h1-11H,12-13H2,(H2,24,25,26,27). The van der Waals surface area contributed by atoms with Gasteiger partial charge in [-0.05, 0) is 47.5 Å². The monoisotopic (exact) mass is 529 g/mol. The number of carbonyl (C=O) groups excluding carboxylic acids is 1. The highest BCUT2D eigenvalue weighted by Crippen LogP contribution is 2.17. The Labute approximate surface area is 189 Å². The molecule has 7 nitrogen and oxygen atoms in total. The summed E-state index contributed by atoms with van der Waals surface area (Å²) in [6, 6.07) is 19.1. The van der Waals surface area contributed by atoms with Gasteiger partial charge in [0.05, 0.1) is 6.26 Å². The van der Waals surface area contributed by atoms with Crippen LogP contribution in [0.5, 0.6) is 0 Å². The minimum Gasteiger partial charge on any atom is -0.459 e. The number of carbonyl (C=O) groups is 1. The quantitative estimate of drug-likeness (QED) is 0.337. The van der Waals surface area contributed by atoms with E-state index in [1.54, 1.807) is 12.1 Å². The molecule has 0 saturated carbocycles. The highest BCUT2D eigenvalue weighted by atomic mass is 79.9. The van der Waals surface area contributed by atoms with Gasteiger partial charge in [-0.2, -0.15) is 9.67 Å². The molecule has 0 unspecified atom stereocenters. The van der Waals surface area contributed by atoms with Crippen molar-refractivity contribution in [3.63, 3.8) is 0 Å². The second-order valence-electron chi connectivity index (χ2n) is 6.41. The van der Waals surface area contributed by atoms with Gasteiger partial charge < -0.3 is 15.1 Å². The first-order valence-corrected chi connectivity index (χ1v) is 10.7. The smallest absolute Gasteiger partial charge is 0.317 e. The van der Waals surface area contributed by atoms with Gasteiger partial charge in [0.25, 0.3) is 0 Å². The van der Waals surface area contributed by atoms with Crippen molar-refractivity contribution in [2.75, 3.05) is 10.6 Å². The number of hydrogen-bond acceptors (Lipinski definition) is 6. The van der Waals surface area contributed by atoms with E-state index in [2.05, 4.69) is 52.6 Å². The van der Waals surface area contributed by atoms with Crippen LogP contribution in [0.1, 0.15) is 21.7 Å². The maximum atomic E-state index is 12.8. The van der Waals surface area contributed by atoms with Crippen LogP contribution in [-0.2, 0) is 13.1 Å². The molecule has 2 aromatic carbocycles. The van der Waals surface area contributed by atoms with Crippen LogP contribution in [0.2, 0.25) is 0 Å². The zero-order valence-corrected chi connectivity index (χ0v) is 18.9. The third-order valence-corrected chi connectivity index (χ3v) is 5.32. The zero-order valence-electron chi connectivity index (χ0n) is 15.7. The number of anilines is 2. The fourth-order valence-electron chi connectivity index (χ4n) is 2.71. The predicted molar refractivity (Wildman–Crippen MR) is 121 cm³/mol. The highest BCUT2D eigenvalue weighted by Gasteiger charge is 2.19. The van der Waals surface area contributed by atoms with Gasteiger partial charge in [0.2, 0.25) is 11.9 Å². The van der Waals surface area contributed by atoms with E-state index < -0.39 is 5.91 Å². The highest BCUT2D eigenvalue weighted by molar-refractivity contribution is 9.10. The minimum atomic E-state index is -0.400. The first-order chi connectivity index (χ1) is 14.6. The van der Waals surface area contributed by atoms with Gasteiger partial charge in [-0.3, -0.25) is 4.79 Å². The van der Waals surface area contributed by atoms with Crippen molar-refractivity contribution in [1.82, 2.24) is 14.8 Å². The minimum absolute atomic E-state index is 0.186. The van der Waals surface area contributed by atoms with E-state index in [0.717, 1.165) is 20.1 Å². The molecular formula is C21H17Br2N5O2. The second kappa shape index (κ2) is 9.27. The van der Waals surface area contributed by atoms with Gasteiger partial charge in [0.1, 0.15) is 0 Å². The summed E-state index contributed by atoms with van der Waals surface area (Å²) in [6.45, 7) is 1.02. The lowest BCUT2D eigenvalue weighted by atomic mass is 10.2. The molecule has 152 valence electrons. The van der Waals surface area contributed by atoms with Crippen LogP contribution in [0, 0.1) is 0 Å². The van der Waals surface area contributed by atoms with Crippen molar-refractivity contribution in [3.8, 4) is 0 Å². The lowest BCUT2D eigenvalue weighted by molar-refractivity contribution is 0.0920. The van der Waals surface area contributed by atoms with Gasteiger partial charge in [0, 0.05) is 22.0 Å². The van der Waals surface area contributed by atoms with Crippen molar-refractivity contribution in [2.45, 2.75) is 13.1 Å². The first-order valence-electron chi connectivity index (χ1n) is 9.10. The fraction of sp³-hybridized carbons (Fsp3) is 0.0952. The summed E-state index contributed by atoms with van der Waals surface area (Å²) in [4.78, 5) is 17.3. The Bertz CT molecular complexity index is 1120. The summed E-state index contributed by atoms with van der Waals surface area (Å²) in [7, 11) is 0. The summed E-state index contributed by atoms with van der Waals surface area (Å²) >= 11 is 6.85. The normalized spacial score (nSPS) is 10.7. The zero-order chi connectivity index (χ0) is 20.9. The molecule has 0 bridgehead atoms. The summed E-state index contributed by atoms with van der Waals surface area (Å²) in [6.07, 6.45) is 1.45. The van der Waals surface area contributed by atoms with Gasteiger partial charge in [-0.25, -0.2) is 0 Å². The number of aromatic nitrogens is 3. The third kappa shape index (κ3) is 4.98. The van der Waals surface area contributed by atoms with E-state index in [-0.39, 0.29) is 5.76 Å². The average Bonchev–Trinajstić information content (AvgIpc) is 3.43. The largest absolute Gasteiger partial charge is 0.459 e. The summed E-state index contributed by atoms with van der Waals surface area (Å²) in [5.74, 6) is 0.460. The lowest BCUT2D eigenvalue weighted by Crippen LogP contribution is -2.17. The van der Waals surface area contributed by atoms with Crippen LogP contribution in [0.15, 0.2) is 80.3 Å². The van der Waals surface area contributed by atoms with Crippen LogP contribution in [0.3, 0.4) is 0 Å². The van der Waals surface area contributed by atoms with E-state index in [0.29, 0.717) is 25.0 Å². The average molecular weight is 531 g/mol. The molecule has 0 aliphatic rings. The van der Waals surface area contributed by atoms with Crippen molar-refractivity contribution < 1.29 is 9.21 Å². The number of halogens is 2. The van der Waals surface area contributed by atoms with E-state index in [1.165, 1.54) is 10.9 Å². The van der Waals surface area contributed by atoms with Crippen molar-refractivity contribution in [3.05, 3.63) is 92.8 Å². The Morgan fingerprint density at radius 1 is 0.900 bits per heavy atom. The van der Waals surface area contributed by atoms with Gasteiger partial charge in [-0.1, -0.05) is 56.1 Å². The lowest BCUT2D eigenvalue weighted by Gasteiger charge is -2.06. The molecule has 4 rings (SSSR count). The molecule has 0 fully saturated rings. The number of hydrogen-bond donors (Lipinski definition) is 2. The first kappa shape index (κ1) is 20.4. The van der Waals surface area contributed by atoms with Crippen LogP contribution >= 0.6 is 31.9 Å². The van der Waals surface area contributed by atoms with E-state index in [9.17, 15) is 4.79 Å². The molecule has 0 atom stereocenters. The Kier molecular flexibility index (Phi) is 6.29. The van der Waals surface area contributed by atoms with Gasteiger partial charge in [0.15, 0.2) is 5.76 Å². The predicted octanol–water partition coefficient (Wildman–Crippen LogP) is 5.31. The number of furan rings is 1.